The molecule has 0 radical (unpaired) electrons. The maximum atomic E-state index is 10.2. The normalized spacial score (nSPS) is 22.4. The Balaban J connectivity index is 1.38. The van der Waals surface area contributed by atoms with E-state index in [1.807, 2.05) is 24.3 Å². The molecule has 0 bridgehead atoms. The molecule has 1 heterocycles. The molecule has 2 N–H and O–H groups in total. The van der Waals surface area contributed by atoms with E-state index in [0.717, 1.165) is 11.5 Å². The molecule has 1 aromatic carbocycles. The van der Waals surface area contributed by atoms with E-state index in [1.165, 1.54) is 45.3 Å². The zero-order chi connectivity index (χ0) is 14.7. The molecular weight excluding hydrogens is 284 g/mol. The van der Waals surface area contributed by atoms with Crippen LogP contribution in [-0.2, 0) is 0 Å². The summed E-state index contributed by atoms with van der Waals surface area (Å²) in [6, 6.07) is 8.00. The highest BCUT2D eigenvalue weighted by molar-refractivity contribution is 6.30. The Morgan fingerprint density at radius 2 is 1.81 bits per heavy atom. The molecule has 0 aromatic heterocycles. The van der Waals surface area contributed by atoms with Crippen LogP contribution in [0.2, 0.25) is 5.02 Å². The van der Waals surface area contributed by atoms with Crippen molar-refractivity contribution >= 4 is 11.6 Å². The number of likely N-dealkylation sites (tertiary alicyclic amines) is 1. The van der Waals surface area contributed by atoms with Crippen LogP contribution in [0.3, 0.4) is 0 Å². The van der Waals surface area contributed by atoms with Crippen molar-refractivity contribution in [2.24, 2.45) is 5.92 Å². The average Bonchev–Trinajstić information content (AvgIpc) is 3.31. The van der Waals surface area contributed by atoms with Gasteiger partial charge in [-0.1, -0.05) is 23.7 Å². The molecule has 2 fully saturated rings. The molecule has 3 nitrogen and oxygen atoms in total. The Kier molecular flexibility index (Phi) is 5.17. The highest BCUT2D eigenvalue weighted by Crippen LogP contribution is 2.30. The Morgan fingerprint density at radius 3 is 2.43 bits per heavy atom. The average molecular weight is 309 g/mol. The summed E-state index contributed by atoms with van der Waals surface area (Å²) in [4.78, 5) is 2.60. The maximum absolute atomic E-state index is 10.2. The van der Waals surface area contributed by atoms with Gasteiger partial charge in [-0.15, -0.1) is 0 Å². The van der Waals surface area contributed by atoms with Crippen LogP contribution >= 0.6 is 11.6 Å². The Morgan fingerprint density at radius 1 is 1.14 bits per heavy atom. The van der Waals surface area contributed by atoms with Gasteiger partial charge < -0.3 is 15.3 Å². The van der Waals surface area contributed by atoms with Gasteiger partial charge in [0.1, 0.15) is 0 Å². The van der Waals surface area contributed by atoms with E-state index >= 15 is 0 Å². The lowest BCUT2D eigenvalue weighted by atomic mass is 10.0. The third kappa shape index (κ3) is 4.68. The fourth-order valence-electron chi connectivity index (χ4n) is 3.07. The maximum Gasteiger partial charge on any atom is 0.0914 e. The molecule has 21 heavy (non-hydrogen) atoms. The van der Waals surface area contributed by atoms with Crippen molar-refractivity contribution in [1.29, 1.82) is 0 Å². The quantitative estimate of drug-likeness (QED) is 0.848. The summed E-state index contributed by atoms with van der Waals surface area (Å²) < 4.78 is 0. The minimum absolute atomic E-state index is 0.452. The number of nitrogens with zero attached hydrogens (tertiary/aromatic N) is 1. The third-order valence-corrected chi connectivity index (χ3v) is 4.91. The minimum Gasteiger partial charge on any atom is -0.387 e. The Hall–Kier alpha value is -0.610. The van der Waals surface area contributed by atoms with Crippen molar-refractivity contribution in [2.45, 2.75) is 37.8 Å². The first kappa shape index (κ1) is 15.3. The van der Waals surface area contributed by atoms with E-state index in [4.69, 9.17) is 11.6 Å². The first-order chi connectivity index (χ1) is 10.2. The molecule has 1 aromatic rings. The SMILES string of the molecule is OC(CNC1CCN(CC2CC2)CC1)c1ccc(Cl)cc1. The highest BCUT2D eigenvalue weighted by atomic mass is 35.5. The van der Waals surface area contributed by atoms with E-state index in [0.29, 0.717) is 17.6 Å². The zero-order valence-electron chi connectivity index (χ0n) is 12.5. The second-order valence-electron chi connectivity index (χ2n) is 6.49. The molecule has 1 aliphatic carbocycles. The van der Waals surface area contributed by atoms with Crippen molar-refractivity contribution in [1.82, 2.24) is 10.2 Å². The number of aliphatic hydroxyl groups excluding tert-OH is 1. The van der Waals surface area contributed by atoms with Crippen LogP contribution in [0.4, 0.5) is 0 Å². The zero-order valence-corrected chi connectivity index (χ0v) is 13.2. The number of rotatable bonds is 6. The largest absolute Gasteiger partial charge is 0.387 e. The molecule has 116 valence electrons. The van der Waals surface area contributed by atoms with Crippen LogP contribution in [0.15, 0.2) is 24.3 Å². The van der Waals surface area contributed by atoms with Crippen LogP contribution in [0.25, 0.3) is 0 Å². The molecular formula is C17H25ClN2O. The minimum atomic E-state index is -0.452. The van der Waals surface area contributed by atoms with Crippen molar-refractivity contribution in [3.63, 3.8) is 0 Å². The van der Waals surface area contributed by atoms with Gasteiger partial charge in [0.15, 0.2) is 0 Å². The van der Waals surface area contributed by atoms with E-state index in [9.17, 15) is 5.11 Å². The van der Waals surface area contributed by atoms with E-state index < -0.39 is 6.10 Å². The summed E-state index contributed by atoms with van der Waals surface area (Å²) in [5.41, 5.74) is 0.929. The summed E-state index contributed by atoms with van der Waals surface area (Å²) in [5, 5.41) is 14.4. The number of hydrogen-bond acceptors (Lipinski definition) is 3. The number of piperidine rings is 1. The summed E-state index contributed by atoms with van der Waals surface area (Å²) in [5.74, 6) is 0.987. The molecule has 1 unspecified atom stereocenters. The van der Waals surface area contributed by atoms with E-state index in [2.05, 4.69) is 10.2 Å². The van der Waals surface area contributed by atoms with Gasteiger partial charge in [-0.05, 0) is 62.4 Å². The van der Waals surface area contributed by atoms with Crippen molar-refractivity contribution < 1.29 is 5.11 Å². The second-order valence-corrected chi connectivity index (χ2v) is 6.93. The van der Waals surface area contributed by atoms with Crippen LogP contribution in [0.1, 0.15) is 37.4 Å². The molecule has 1 saturated carbocycles. The summed E-state index contributed by atoms with van der Waals surface area (Å²) >= 11 is 5.87. The van der Waals surface area contributed by atoms with Gasteiger partial charge in [-0.25, -0.2) is 0 Å². The second kappa shape index (κ2) is 7.10. The molecule has 3 rings (SSSR count). The molecule has 1 aliphatic heterocycles. The monoisotopic (exact) mass is 308 g/mol. The molecule has 0 amide bonds. The highest BCUT2D eigenvalue weighted by Gasteiger charge is 2.27. The van der Waals surface area contributed by atoms with Gasteiger partial charge in [0.2, 0.25) is 0 Å². The Bertz CT molecular complexity index is 439. The van der Waals surface area contributed by atoms with Crippen LogP contribution in [0.5, 0.6) is 0 Å². The number of aliphatic hydroxyl groups is 1. The van der Waals surface area contributed by atoms with Crippen molar-refractivity contribution in [3.8, 4) is 0 Å². The molecule has 1 saturated heterocycles. The van der Waals surface area contributed by atoms with E-state index in [-0.39, 0.29) is 0 Å². The number of halogens is 1. The lowest BCUT2D eigenvalue weighted by molar-refractivity contribution is 0.150. The first-order valence-corrected chi connectivity index (χ1v) is 8.48. The van der Waals surface area contributed by atoms with Gasteiger partial charge in [0.05, 0.1) is 6.10 Å². The van der Waals surface area contributed by atoms with Crippen molar-refractivity contribution in [3.05, 3.63) is 34.9 Å². The molecule has 2 aliphatic rings. The fourth-order valence-corrected chi connectivity index (χ4v) is 3.19. The lowest BCUT2D eigenvalue weighted by Crippen LogP contribution is -2.44. The topological polar surface area (TPSA) is 35.5 Å². The molecule has 0 spiro atoms. The molecule has 1 atom stereocenters. The standard InChI is InChI=1S/C17H25ClN2O/c18-15-5-3-14(4-6-15)17(21)11-19-16-7-9-20(10-8-16)12-13-1-2-13/h3-6,13,16-17,19,21H,1-2,7-12H2. The first-order valence-electron chi connectivity index (χ1n) is 8.10. The number of hydrogen-bond donors (Lipinski definition) is 2. The lowest BCUT2D eigenvalue weighted by Gasteiger charge is -2.33. The summed E-state index contributed by atoms with van der Waals surface area (Å²) in [6.07, 6.45) is 4.81. The number of nitrogens with one attached hydrogen (secondary N) is 1. The smallest absolute Gasteiger partial charge is 0.0914 e. The predicted octanol–water partition coefficient (Wildman–Crippen LogP) is 2.84. The van der Waals surface area contributed by atoms with Crippen LogP contribution < -0.4 is 5.32 Å². The van der Waals surface area contributed by atoms with Gasteiger partial charge in [0, 0.05) is 24.2 Å². The van der Waals surface area contributed by atoms with Gasteiger partial charge in [-0.2, -0.15) is 0 Å². The van der Waals surface area contributed by atoms with E-state index in [1.54, 1.807) is 0 Å². The third-order valence-electron chi connectivity index (χ3n) is 4.66. The van der Waals surface area contributed by atoms with Gasteiger partial charge in [-0.3, -0.25) is 0 Å². The van der Waals surface area contributed by atoms with Crippen molar-refractivity contribution in [2.75, 3.05) is 26.2 Å². The predicted molar refractivity (Wildman–Crippen MR) is 86.6 cm³/mol. The molecule has 4 heteroatoms. The van der Waals surface area contributed by atoms with Gasteiger partial charge in [0.25, 0.3) is 0 Å². The van der Waals surface area contributed by atoms with Gasteiger partial charge >= 0.3 is 0 Å². The van der Waals surface area contributed by atoms with Crippen LogP contribution in [-0.4, -0.2) is 42.2 Å². The summed E-state index contributed by atoms with van der Waals surface area (Å²) in [7, 11) is 0. The summed E-state index contributed by atoms with van der Waals surface area (Å²) in [6.45, 7) is 4.32. The fraction of sp³-hybridized carbons (Fsp3) is 0.647. The number of benzene rings is 1. The van der Waals surface area contributed by atoms with Crippen LogP contribution in [0, 0.1) is 5.92 Å². The Labute approximate surface area is 132 Å².